The molecule has 1 heterocycles. The van der Waals surface area contributed by atoms with E-state index in [-0.39, 0.29) is 5.91 Å². The molecule has 0 spiro atoms. The third-order valence-corrected chi connectivity index (χ3v) is 4.82. The molecule has 3 aromatic carbocycles. The van der Waals surface area contributed by atoms with Crippen LogP contribution in [0.4, 0.5) is 5.69 Å². The molecule has 0 unspecified atom stereocenters. The molecule has 0 aliphatic heterocycles. The summed E-state index contributed by atoms with van der Waals surface area (Å²) in [4.78, 5) is 17.9. The molecular formula is C24H22N2O4. The highest BCUT2D eigenvalue weighted by atomic mass is 16.6. The first-order valence-electron chi connectivity index (χ1n) is 9.61. The summed E-state index contributed by atoms with van der Waals surface area (Å²) in [6, 6.07) is 19.2. The van der Waals surface area contributed by atoms with Gasteiger partial charge in [-0.2, -0.15) is 0 Å². The summed E-state index contributed by atoms with van der Waals surface area (Å²) in [5, 5.41) is 8.67. The number of hydrogen-bond acceptors (Lipinski definition) is 5. The number of amides is 1. The summed E-state index contributed by atoms with van der Waals surface area (Å²) in [7, 11) is 1.56. The normalized spacial score (nSPS) is 12.4. The number of furan rings is 1. The standard InChI is InChI=1S/C24H22N2O4/c1-15-8-10-17(11-9-15)14-25-30-16(2)24(27)26-20-13-22-19(12-23(20)28-3)18-6-4-5-7-21(18)29-22/h4-14,16H,1-3H3,(H,26,27)/b25-14-/t16-/m1/s1. The van der Waals surface area contributed by atoms with Crippen LogP contribution in [-0.4, -0.2) is 25.3 Å². The maximum Gasteiger partial charge on any atom is 0.268 e. The highest BCUT2D eigenvalue weighted by Gasteiger charge is 2.18. The number of rotatable bonds is 6. The Bertz CT molecular complexity index is 1230. The fourth-order valence-electron chi connectivity index (χ4n) is 3.14. The third-order valence-electron chi connectivity index (χ3n) is 4.82. The van der Waals surface area contributed by atoms with Gasteiger partial charge in [0.2, 0.25) is 6.10 Å². The maximum atomic E-state index is 12.6. The lowest BCUT2D eigenvalue weighted by atomic mass is 10.1. The lowest BCUT2D eigenvalue weighted by Crippen LogP contribution is -2.26. The predicted octanol–water partition coefficient (Wildman–Crippen LogP) is 5.28. The average Bonchev–Trinajstić information content (AvgIpc) is 3.11. The Hall–Kier alpha value is -3.80. The molecule has 6 heteroatoms. The van der Waals surface area contributed by atoms with Crippen molar-refractivity contribution in [1.29, 1.82) is 0 Å². The molecule has 0 saturated carbocycles. The first-order valence-corrected chi connectivity index (χ1v) is 9.61. The second kappa shape index (κ2) is 8.29. The second-order valence-corrected chi connectivity index (χ2v) is 7.03. The number of carbonyl (C=O) groups excluding carboxylic acids is 1. The number of oxime groups is 1. The smallest absolute Gasteiger partial charge is 0.268 e. The number of ether oxygens (including phenoxy) is 1. The Morgan fingerprint density at radius 1 is 1.07 bits per heavy atom. The van der Waals surface area contributed by atoms with E-state index in [1.165, 1.54) is 0 Å². The molecule has 0 aliphatic carbocycles. The van der Waals surface area contributed by atoms with Gasteiger partial charge in [-0.05, 0) is 31.5 Å². The van der Waals surface area contributed by atoms with Crippen LogP contribution in [0.3, 0.4) is 0 Å². The lowest BCUT2D eigenvalue weighted by Gasteiger charge is -2.13. The fourth-order valence-corrected chi connectivity index (χ4v) is 3.14. The van der Waals surface area contributed by atoms with Gasteiger partial charge in [0.15, 0.2) is 0 Å². The third kappa shape index (κ3) is 3.98. The van der Waals surface area contributed by atoms with Crippen molar-refractivity contribution in [2.24, 2.45) is 5.16 Å². The van der Waals surface area contributed by atoms with Crippen molar-refractivity contribution in [3.8, 4) is 5.75 Å². The van der Waals surface area contributed by atoms with Crippen LogP contribution in [0.1, 0.15) is 18.1 Å². The molecule has 0 fully saturated rings. The van der Waals surface area contributed by atoms with Crippen LogP contribution < -0.4 is 10.1 Å². The van der Waals surface area contributed by atoms with Gasteiger partial charge in [-0.3, -0.25) is 4.79 Å². The number of para-hydroxylation sites is 1. The number of benzene rings is 3. The molecule has 0 aliphatic rings. The average molecular weight is 402 g/mol. The molecule has 0 radical (unpaired) electrons. The molecule has 4 aromatic rings. The van der Waals surface area contributed by atoms with Gasteiger partial charge < -0.3 is 19.3 Å². The summed E-state index contributed by atoms with van der Waals surface area (Å²) in [5.41, 5.74) is 4.01. The summed E-state index contributed by atoms with van der Waals surface area (Å²) >= 11 is 0. The number of hydrogen-bond donors (Lipinski definition) is 1. The van der Waals surface area contributed by atoms with E-state index in [4.69, 9.17) is 14.0 Å². The zero-order chi connectivity index (χ0) is 21.1. The van der Waals surface area contributed by atoms with Gasteiger partial charge in [-0.15, -0.1) is 0 Å². The van der Waals surface area contributed by atoms with Gasteiger partial charge in [0, 0.05) is 16.8 Å². The molecule has 1 amide bonds. The number of nitrogens with zero attached hydrogens (tertiary/aromatic N) is 1. The van der Waals surface area contributed by atoms with E-state index in [0.717, 1.165) is 27.5 Å². The zero-order valence-electron chi connectivity index (χ0n) is 17.0. The van der Waals surface area contributed by atoms with E-state index in [2.05, 4.69) is 10.5 Å². The van der Waals surface area contributed by atoms with Crippen molar-refractivity contribution < 1.29 is 18.8 Å². The van der Waals surface area contributed by atoms with E-state index >= 15 is 0 Å². The molecule has 1 aromatic heterocycles. The molecular weight excluding hydrogens is 380 g/mol. The van der Waals surface area contributed by atoms with Crippen LogP contribution in [0.25, 0.3) is 21.9 Å². The van der Waals surface area contributed by atoms with Gasteiger partial charge in [0.1, 0.15) is 16.9 Å². The van der Waals surface area contributed by atoms with Gasteiger partial charge in [0.05, 0.1) is 19.0 Å². The Labute approximate surface area is 174 Å². The highest BCUT2D eigenvalue weighted by Crippen LogP contribution is 2.36. The van der Waals surface area contributed by atoms with Gasteiger partial charge >= 0.3 is 0 Å². The molecule has 1 atom stereocenters. The van der Waals surface area contributed by atoms with Crippen molar-refractivity contribution in [3.05, 3.63) is 71.8 Å². The van der Waals surface area contributed by atoms with Crippen LogP contribution in [0.15, 0.2) is 70.2 Å². The number of carbonyl (C=O) groups is 1. The number of aryl methyl sites for hydroxylation is 1. The van der Waals surface area contributed by atoms with Crippen molar-refractivity contribution in [2.45, 2.75) is 20.0 Å². The largest absolute Gasteiger partial charge is 0.495 e. The van der Waals surface area contributed by atoms with Crippen LogP contribution >= 0.6 is 0 Å². The number of fused-ring (bicyclic) bond motifs is 3. The monoisotopic (exact) mass is 402 g/mol. The second-order valence-electron chi connectivity index (χ2n) is 7.03. The van der Waals surface area contributed by atoms with Crippen LogP contribution in [0, 0.1) is 6.92 Å². The van der Waals surface area contributed by atoms with E-state index < -0.39 is 6.10 Å². The van der Waals surface area contributed by atoms with Crippen LogP contribution in [-0.2, 0) is 9.63 Å². The molecule has 0 saturated heterocycles. The number of anilines is 1. The SMILES string of the molecule is COc1cc2c(cc1NC(=O)[C@@H](C)O/N=C\c1ccc(C)cc1)oc1ccccc12. The minimum absolute atomic E-state index is 0.343. The Morgan fingerprint density at radius 3 is 2.60 bits per heavy atom. The molecule has 4 rings (SSSR count). The molecule has 6 nitrogen and oxygen atoms in total. The lowest BCUT2D eigenvalue weighted by molar-refractivity contribution is -0.126. The van der Waals surface area contributed by atoms with Gasteiger partial charge in [-0.25, -0.2) is 0 Å². The fraction of sp³-hybridized carbons (Fsp3) is 0.167. The van der Waals surface area contributed by atoms with E-state index in [1.807, 2.05) is 61.5 Å². The van der Waals surface area contributed by atoms with Gasteiger partial charge in [0.25, 0.3) is 5.91 Å². The molecule has 1 N–H and O–H groups in total. The maximum absolute atomic E-state index is 12.6. The topological polar surface area (TPSA) is 73.1 Å². The molecule has 30 heavy (non-hydrogen) atoms. The first kappa shape index (κ1) is 19.5. The summed E-state index contributed by atoms with van der Waals surface area (Å²) in [5.74, 6) is 0.197. The Balaban J connectivity index is 1.50. The summed E-state index contributed by atoms with van der Waals surface area (Å²) < 4.78 is 11.4. The zero-order valence-corrected chi connectivity index (χ0v) is 17.0. The summed E-state index contributed by atoms with van der Waals surface area (Å²) in [6.07, 6.45) is 0.785. The quantitative estimate of drug-likeness (QED) is 0.352. The summed E-state index contributed by atoms with van der Waals surface area (Å²) in [6.45, 7) is 3.65. The van der Waals surface area contributed by atoms with Crippen molar-refractivity contribution >= 4 is 39.7 Å². The van der Waals surface area contributed by atoms with E-state index in [0.29, 0.717) is 17.0 Å². The van der Waals surface area contributed by atoms with Crippen molar-refractivity contribution in [3.63, 3.8) is 0 Å². The minimum Gasteiger partial charge on any atom is -0.495 e. The van der Waals surface area contributed by atoms with Crippen molar-refractivity contribution in [2.75, 3.05) is 12.4 Å². The Kier molecular flexibility index (Phi) is 5.39. The van der Waals surface area contributed by atoms with Gasteiger partial charge in [-0.1, -0.05) is 53.2 Å². The molecule has 0 bridgehead atoms. The van der Waals surface area contributed by atoms with Crippen LogP contribution in [0.2, 0.25) is 0 Å². The predicted molar refractivity (Wildman–Crippen MR) is 118 cm³/mol. The molecule has 152 valence electrons. The van der Waals surface area contributed by atoms with E-state index in [1.54, 1.807) is 26.3 Å². The number of nitrogens with one attached hydrogen (secondary N) is 1. The first-order chi connectivity index (χ1) is 14.5. The van der Waals surface area contributed by atoms with Crippen LogP contribution in [0.5, 0.6) is 5.75 Å². The van der Waals surface area contributed by atoms with Crippen molar-refractivity contribution in [1.82, 2.24) is 0 Å². The minimum atomic E-state index is -0.789. The highest BCUT2D eigenvalue weighted by molar-refractivity contribution is 6.08. The Morgan fingerprint density at radius 2 is 1.83 bits per heavy atom. The van der Waals surface area contributed by atoms with E-state index in [9.17, 15) is 4.79 Å². The number of methoxy groups -OCH3 is 1.